The van der Waals surface area contributed by atoms with Gasteiger partial charge in [0.05, 0.1) is 0 Å². The lowest BCUT2D eigenvalue weighted by Gasteiger charge is -2.13. The summed E-state index contributed by atoms with van der Waals surface area (Å²) in [5.74, 6) is 2.99. The van der Waals surface area contributed by atoms with E-state index in [9.17, 15) is 5.11 Å². The first-order valence-corrected chi connectivity index (χ1v) is 10.3. The number of hydrogen-bond donors (Lipinski definition) is 1. The van der Waals surface area contributed by atoms with E-state index in [4.69, 9.17) is 0 Å². The van der Waals surface area contributed by atoms with Crippen molar-refractivity contribution in [2.75, 3.05) is 25.6 Å². The highest BCUT2D eigenvalue weighted by atomic mass is 32.2. The highest BCUT2D eigenvalue weighted by Gasteiger charge is 2.07. The normalized spacial score (nSPS) is 11.3. The Morgan fingerprint density at radius 2 is 1.57 bits per heavy atom. The Balaban J connectivity index is 2.14. The largest absolute Gasteiger partial charge is 0.507 e. The van der Waals surface area contributed by atoms with Crippen LogP contribution in [-0.2, 0) is 13.0 Å². The maximum Gasteiger partial charge on any atom is 0.123 e. The molecule has 0 spiro atoms. The van der Waals surface area contributed by atoms with Crippen molar-refractivity contribution in [1.82, 2.24) is 4.90 Å². The number of rotatable bonds is 13. The standard InChI is InChI=1S/C20H35NOS/c1-4-5-6-7-8-9-15-23-16-11-14-18-12-10-13-19(20(18)22)17-21(2)3/h10,12-13,22H,4-9,11,14-17H2,1-3H3. The van der Waals surface area contributed by atoms with Gasteiger partial charge in [0.1, 0.15) is 5.75 Å². The zero-order valence-electron chi connectivity index (χ0n) is 15.3. The van der Waals surface area contributed by atoms with Gasteiger partial charge in [-0.3, -0.25) is 0 Å². The van der Waals surface area contributed by atoms with Gasteiger partial charge in [0.15, 0.2) is 0 Å². The molecule has 0 amide bonds. The summed E-state index contributed by atoms with van der Waals surface area (Å²) in [5, 5.41) is 10.3. The van der Waals surface area contributed by atoms with Gasteiger partial charge in [-0.15, -0.1) is 0 Å². The molecular formula is C20H35NOS. The first-order chi connectivity index (χ1) is 11.1. The van der Waals surface area contributed by atoms with Crippen molar-refractivity contribution in [1.29, 1.82) is 0 Å². The van der Waals surface area contributed by atoms with Crippen LogP contribution in [0.25, 0.3) is 0 Å². The quantitative estimate of drug-likeness (QED) is 0.482. The number of phenols is 1. The Hall–Kier alpha value is -0.670. The molecule has 23 heavy (non-hydrogen) atoms. The molecule has 1 N–H and O–H groups in total. The molecule has 0 radical (unpaired) electrons. The van der Waals surface area contributed by atoms with Crippen molar-refractivity contribution in [3.63, 3.8) is 0 Å². The topological polar surface area (TPSA) is 23.5 Å². The SMILES string of the molecule is CCCCCCCCSCCCc1cccc(CN(C)C)c1O. The number of para-hydroxylation sites is 1. The molecule has 0 aliphatic carbocycles. The second kappa shape index (κ2) is 12.7. The third-order valence-electron chi connectivity index (χ3n) is 4.07. The second-order valence-electron chi connectivity index (χ2n) is 6.65. The van der Waals surface area contributed by atoms with Crippen LogP contribution in [-0.4, -0.2) is 35.6 Å². The van der Waals surface area contributed by atoms with Gasteiger partial charge in [0.25, 0.3) is 0 Å². The van der Waals surface area contributed by atoms with E-state index in [2.05, 4.69) is 35.7 Å². The van der Waals surface area contributed by atoms with Gasteiger partial charge in [0, 0.05) is 12.1 Å². The molecule has 0 heterocycles. The molecule has 0 bridgehead atoms. The van der Waals surface area contributed by atoms with Gasteiger partial charge in [-0.05, 0) is 50.4 Å². The Labute approximate surface area is 147 Å². The molecule has 0 unspecified atom stereocenters. The smallest absolute Gasteiger partial charge is 0.123 e. The fourth-order valence-electron chi connectivity index (χ4n) is 2.77. The van der Waals surface area contributed by atoms with E-state index >= 15 is 0 Å². The minimum absolute atomic E-state index is 0.502. The molecule has 0 fully saturated rings. The van der Waals surface area contributed by atoms with Crippen LogP contribution in [0.2, 0.25) is 0 Å². The Bertz CT molecular complexity index is 420. The monoisotopic (exact) mass is 337 g/mol. The first-order valence-electron chi connectivity index (χ1n) is 9.17. The van der Waals surface area contributed by atoms with E-state index in [1.165, 1.54) is 50.0 Å². The highest BCUT2D eigenvalue weighted by Crippen LogP contribution is 2.25. The third-order valence-corrected chi connectivity index (χ3v) is 5.22. The molecule has 1 aromatic carbocycles. The van der Waals surface area contributed by atoms with E-state index in [0.29, 0.717) is 5.75 Å². The minimum atomic E-state index is 0.502. The summed E-state index contributed by atoms with van der Waals surface area (Å²) in [5.41, 5.74) is 2.14. The average molecular weight is 338 g/mol. The maximum absolute atomic E-state index is 10.3. The summed E-state index contributed by atoms with van der Waals surface area (Å²) in [7, 11) is 4.07. The summed E-state index contributed by atoms with van der Waals surface area (Å²) in [6.07, 6.45) is 10.4. The predicted octanol–water partition coefficient (Wildman–Crippen LogP) is 5.48. The number of hydrogen-bond acceptors (Lipinski definition) is 3. The number of benzene rings is 1. The molecule has 3 heteroatoms. The highest BCUT2D eigenvalue weighted by molar-refractivity contribution is 7.99. The first kappa shape index (κ1) is 20.4. The minimum Gasteiger partial charge on any atom is -0.507 e. The van der Waals surface area contributed by atoms with Gasteiger partial charge in [-0.2, -0.15) is 11.8 Å². The van der Waals surface area contributed by atoms with Crippen molar-refractivity contribution in [3.05, 3.63) is 29.3 Å². The van der Waals surface area contributed by atoms with Crippen LogP contribution < -0.4 is 0 Å². The lowest BCUT2D eigenvalue weighted by Crippen LogP contribution is -2.11. The Morgan fingerprint density at radius 1 is 0.913 bits per heavy atom. The van der Waals surface area contributed by atoms with E-state index < -0.39 is 0 Å². The zero-order chi connectivity index (χ0) is 16.9. The van der Waals surface area contributed by atoms with Gasteiger partial charge in [0.2, 0.25) is 0 Å². The number of aromatic hydroxyl groups is 1. The molecule has 1 aromatic rings. The molecule has 0 aliphatic rings. The van der Waals surface area contributed by atoms with E-state index in [1.807, 2.05) is 20.2 Å². The number of phenolic OH excluding ortho intramolecular Hbond substituents is 1. The van der Waals surface area contributed by atoms with Crippen LogP contribution in [0.1, 0.15) is 63.0 Å². The van der Waals surface area contributed by atoms with Gasteiger partial charge in [-0.1, -0.05) is 57.2 Å². The maximum atomic E-state index is 10.3. The summed E-state index contributed by atoms with van der Waals surface area (Å²) < 4.78 is 0. The van der Waals surface area contributed by atoms with Crippen LogP contribution in [0, 0.1) is 0 Å². The van der Waals surface area contributed by atoms with Crippen LogP contribution in [0.15, 0.2) is 18.2 Å². The summed E-state index contributed by atoms with van der Waals surface area (Å²) >= 11 is 2.07. The molecule has 0 saturated carbocycles. The van der Waals surface area contributed by atoms with Crippen LogP contribution in [0.3, 0.4) is 0 Å². The third kappa shape index (κ3) is 9.26. The van der Waals surface area contributed by atoms with Crippen LogP contribution in [0.5, 0.6) is 5.75 Å². The fraction of sp³-hybridized carbons (Fsp3) is 0.700. The lowest BCUT2D eigenvalue weighted by molar-refractivity contribution is 0.384. The predicted molar refractivity (Wildman–Crippen MR) is 105 cm³/mol. The molecule has 132 valence electrons. The van der Waals surface area contributed by atoms with E-state index in [-0.39, 0.29) is 0 Å². The second-order valence-corrected chi connectivity index (χ2v) is 7.87. The summed E-state index contributed by atoms with van der Waals surface area (Å²) in [4.78, 5) is 2.09. The summed E-state index contributed by atoms with van der Waals surface area (Å²) in [6, 6.07) is 6.15. The number of unbranched alkanes of at least 4 members (excludes halogenated alkanes) is 5. The van der Waals surface area contributed by atoms with Crippen LogP contribution in [0.4, 0.5) is 0 Å². The Morgan fingerprint density at radius 3 is 2.30 bits per heavy atom. The number of aryl methyl sites for hydroxylation is 1. The van der Waals surface area contributed by atoms with Gasteiger partial charge >= 0.3 is 0 Å². The molecule has 0 aromatic heterocycles. The van der Waals surface area contributed by atoms with Gasteiger partial charge in [-0.25, -0.2) is 0 Å². The molecular weight excluding hydrogens is 302 g/mol. The van der Waals surface area contributed by atoms with Gasteiger partial charge < -0.3 is 10.0 Å². The Kier molecular flexibility index (Phi) is 11.3. The number of thioether (sulfide) groups is 1. The van der Waals surface area contributed by atoms with Crippen LogP contribution >= 0.6 is 11.8 Å². The van der Waals surface area contributed by atoms with Crippen molar-refractivity contribution < 1.29 is 5.11 Å². The van der Waals surface area contributed by atoms with Crippen molar-refractivity contribution in [2.24, 2.45) is 0 Å². The zero-order valence-corrected chi connectivity index (χ0v) is 16.1. The average Bonchev–Trinajstić information content (AvgIpc) is 2.52. The molecule has 0 atom stereocenters. The molecule has 0 aliphatic heterocycles. The van der Waals surface area contributed by atoms with Crippen molar-refractivity contribution in [2.45, 2.75) is 64.8 Å². The number of nitrogens with zero attached hydrogens (tertiary/aromatic N) is 1. The summed E-state index contributed by atoms with van der Waals surface area (Å²) in [6.45, 7) is 3.07. The van der Waals surface area contributed by atoms with E-state index in [0.717, 1.165) is 30.5 Å². The fourth-order valence-corrected chi connectivity index (χ4v) is 3.73. The lowest BCUT2D eigenvalue weighted by atomic mass is 10.0. The molecule has 0 saturated heterocycles. The van der Waals surface area contributed by atoms with Crippen molar-refractivity contribution in [3.8, 4) is 5.75 Å². The molecule has 2 nitrogen and oxygen atoms in total. The van der Waals surface area contributed by atoms with Crippen molar-refractivity contribution >= 4 is 11.8 Å². The molecule has 1 rings (SSSR count). The van der Waals surface area contributed by atoms with E-state index in [1.54, 1.807) is 0 Å².